The molecule has 112 valence electrons. The molecule has 2 heterocycles. The maximum Gasteiger partial charge on any atom is 0.239 e. The van der Waals surface area contributed by atoms with Gasteiger partial charge in [0.05, 0.1) is 6.04 Å². The van der Waals surface area contributed by atoms with Gasteiger partial charge in [-0.3, -0.25) is 9.69 Å². The molecule has 1 saturated heterocycles. The number of thiophene rings is 1. The third kappa shape index (κ3) is 3.81. The van der Waals surface area contributed by atoms with Crippen molar-refractivity contribution < 1.29 is 4.79 Å². The van der Waals surface area contributed by atoms with Crippen LogP contribution in [0.3, 0.4) is 0 Å². The Morgan fingerprint density at radius 2 is 2.10 bits per heavy atom. The fourth-order valence-electron chi connectivity index (χ4n) is 2.46. The maximum absolute atomic E-state index is 12.3. The van der Waals surface area contributed by atoms with Crippen LogP contribution < -0.4 is 5.73 Å². The van der Waals surface area contributed by atoms with Crippen molar-refractivity contribution >= 4 is 17.2 Å². The Bertz CT molecular complexity index is 413. The number of hydrogen-bond acceptors (Lipinski definition) is 4. The quantitative estimate of drug-likeness (QED) is 0.900. The highest BCUT2D eigenvalue weighted by Crippen LogP contribution is 2.15. The van der Waals surface area contributed by atoms with Crippen LogP contribution in [0.25, 0.3) is 0 Å². The highest BCUT2D eigenvalue weighted by Gasteiger charge is 2.27. The molecule has 0 radical (unpaired) electrons. The molecule has 1 amide bonds. The van der Waals surface area contributed by atoms with Crippen molar-refractivity contribution in [3.63, 3.8) is 0 Å². The third-order valence-corrected chi connectivity index (χ3v) is 5.05. The minimum atomic E-state index is -0.344. The smallest absolute Gasteiger partial charge is 0.239 e. The first-order valence-electron chi connectivity index (χ1n) is 7.41. The second-order valence-electron chi connectivity index (χ2n) is 5.59. The summed E-state index contributed by atoms with van der Waals surface area (Å²) in [5.74, 6) is 0.377. The van der Waals surface area contributed by atoms with Gasteiger partial charge in [0.25, 0.3) is 0 Å². The van der Waals surface area contributed by atoms with Crippen molar-refractivity contribution in [3.8, 4) is 0 Å². The summed E-state index contributed by atoms with van der Waals surface area (Å²) < 4.78 is 0. The van der Waals surface area contributed by atoms with Crippen molar-refractivity contribution in [2.24, 2.45) is 11.7 Å². The lowest BCUT2D eigenvalue weighted by Gasteiger charge is -2.36. The Hall–Kier alpha value is -0.910. The Balaban J connectivity index is 1.80. The highest BCUT2D eigenvalue weighted by molar-refractivity contribution is 7.09. The molecule has 20 heavy (non-hydrogen) atoms. The number of carbonyl (C=O) groups excluding carboxylic acids is 1. The van der Waals surface area contributed by atoms with Gasteiger partial charge >= 0.3 is 0 Å². The second-order valence-corrected chi connectivity index (χ2v) is 6.62. The van der Waals surface area contributed by atoms with Crippen molar-refractivity contribution in [1.82, 2.24) is 9.80 Å². The lowest BCUT2D eigenvalue weighted by Crippen LogP contribution is -2.54. The number of piperazine rings is 1. The zero-order chi connectivity index (χ0) is 14.5. The Morgan fingerprint density at radius 3 is 2.65 bits per heavy atom. The molecule has 2 atom stereocenters. The monoisotopic (exact) mass is 295 g/mol. The van der Waals surface area contributed by atoms with E-state index in [0.717, 1.165) is 39.1 Å². The fraction of sp³-hybridized carbons (Fsp3) is 0.667. The van der Waals surface area contributed by atoms with E-state index in [1.807, 2.05) is 4.90 Å². The fourth-order valence-corrected chi connectivity index (χ4v) is 3.20. The average Bonchev–Trinajstić information content (AvgIpc) is 2.98. The first-order chi connectivity index (χ1) is 9.61. The highest BCUT2D eigenvalue weighted by atomic mass is 32.1. The molecule has 1 aliphatic rings. The number of rotatable bonds is 5. The summed E-state index contributed by atoms with van der Waals surface area (Å²) in [4.78, 5) is 18.0. The molecular weight excluding hydrogens is 270 g/mol. The summed E-state index contributed by atoms with van der Waals surface area (Å²) in [6.45, 7) is 8.61. The van der Waals surface area contributed by atoms with E-state index in [9.17, 15) is 4.79 Å². The molecule has 0 bridgehead atoms. The number of carbonyl (C=O) groups is 1. The zero-order valence-electron chi connectivity index (χ0n) is 12.4. The normalized spacial score (nSPS) is 19.9. The van der Waals surface area contributed by atoms with Crippen LogP contribution in [0.5, 0.6) is 0 Å². The van der Waals surface area contributed by atoms with E-state index in [1.165, 1.54) is 4.88 Å². The van der Waals surface area contributed by atoms with Crippen LogP contribution in [0.2, 0.25) is 0 Å². The van der Waals surface area contributed by atoms with Gasteiger partial charge in [-0.2, -0.15) is 0 Å². The molecule has 0 saturated carbocycles. The number of hydrogen-bond donors (Lipinski definition) is 1. The summed E-state index contributed by atoms with van der Waals surface area (Å²) in [6.07, 6.45) is 0.950. The molecule has 2 rings (SSSR count). The molecule has 2 N–H and O–H groups in total. The van der Waals surface area contributed by atoms with Crippen LogP contribution in [0.1, 0.15) is 25.1 Å². The van der Waals surface area contributed by atoms with Crippen molar-refractivity contribution in [3.05, 3.63) is 22.4 Å². The van der Waals surface area contributed by atoms with Crippen LogP contribution in [-0.4, -0.2) is 47.9 Å². The molecule has 1 fully saturated rings. The topological polar surface area (TPSA) is 49.6 Å². The molecular formula is C15H25N3OS. The second kappa shape index (κ2) is 7.20. The lowest BCUT2D eigenvalue weighted by atomic mass is 9.98. The summed E-state index contributed by atoms with van der Waals surface area (Å²) in [5.41, 5.74) is 6.04. The summed E-state index contributed by atoms with van der Waals surface area (Å²) in [5, 5.41) is 2.11. The van der Waals surface area contributed by atoms with Gasteiger partial charge in [-0.15, -0.1) is 11.3 Å². The van der Waals surface area contributed by atoms with Crippen LogP contribution in [0.4, 0.5) is 0 Å². The van der Waals surface area contributed by atoms with Crippen molar-refractivity contribution in [1.29, 1.82) is 0 Å². The van der Waals surface area contributed by atoms with Gasteiger partial charge in [-0.25, -0.2) is 0 Å². The SMILES string of the molecule is CC[C@H](C)[C@H](N)C(=O)N1CCN(Cc2cccs2)CC1. The number of nitrogens with zero attached hydrogens (tertiary/aromatic N) is 2. The Labute approximate surface area is 125 Å². The van der Waals surface area contributed by atoms with Crippen LogP contribution in [0, 0.1) is 5.92 Å². The van der Waals surface area contributed by atoms with Gasteiger partial charge in [-0.05, 0) is 17.4 Å². The number of amides is 1. The molecule has 1 aliphatic heterocycles. The lowest BCUT2D eigenvalue weighted by molar-refractivity contribution is -0.135. The Kier molecular flexibility index (Phi) is 5.57. The van der Waals surface area contributed by atoms with E-state index < -0.39 is 0 Å². The molecule has 0 aliphatic carbocycles. The van der Waals surface area contributed by atoms with Gasteiger partial charge < -0.3 is 10.6 Å². The van der Waals surface area contributed by atoms with Gasteiger partial charge in [0, 0.05) is 37.6 Å². The molecule has 1 aromatic rings. The first kappa shape index (κ1) is 15.5. The van der Waals surface area contributed by atoms with Gasteiger partial charge in [0.15, 0.2) is 0 Å². The predicted molar refractivity (Wildman–Crippen MR) is 83.6 cm³/mol. The molecule has 5 heteroatoms. The van der Waals surface area contributed by atoms with E-state index in [1.54, 1.807) is 11.3 Å². The van der Waals surface area contributed by atoms with E-state index in [2.05, 4.69) is 36.3 Å². The van der Waals surface area contributed by atoms with Gasteiger partial charge in [0.2, 0.25) is 5.91 Å². The van der Waals surface area contributed by atoms with Gasteiger partial charge in [0.1, 0.15) is 0 Å². The molecule has 4 nitrogen and oxygen atoms in total. The van der Waals surface area contributed by atoms with E-state index >= 15 is 0 Å². The number of nitrogens with two attached hydrogens (primary N) is 1. The minimum absolute atomic E-state index is 0.120. The van der Waals surface area contributed by atoms with Crippen molar-refractivity contribution in [2.75, 3.05) is 26.2 Å². The standard InChI is InChI=1S/C15H25N3OS/c1-3-12(2)14(16)15(19)18-8-6-17(7-9-18)11-13-5-4-10-20-13/h4-5,10,12,14H,3,6-9,11,16H2,1-2H3/t12-,14-/m0/s1. The van der Waals surface area contributed by atoms with Crippen LogP contribution in [-0.2, 0) is 11.3 Å². The molecule has 0 spiro atoms. The minimum Gasteiger partial charge on any atom is -0.339 e. The molecule has 0 aromatic carbocycles. The predicted octanol–water partition coefficient (Wildman–Crippen LogP) is 1.77. The Morgan fingerprint density at radius 1 is 1.40 bits per heavy atom. The largest absolute Gasteiger partial charge is 0.339 e. The molecule has 1 aromatic heterocycles. The van der Waals surface area contributed by atoms with Crippen LogP contribution in [0.15, 0.2) is 17.5 Å². The average molecular weight is 295 g/mol. The maximum atomic E-state index is 12.3. The van der Waals surface area contributed by atoms with E-state index in [0.29, 0.717) is 0 Å². The van der Waals surface area contributed by atoms with E-state index in [-0.39, 0.29) is 17.9 Å². The van der Waals surface area contributed by atoms with Crippen molar-refractivity contribution in [2.45, 2.75) is 32.9 Å². The summed E-state index contributed by atoms with van der Waals surface area (Å²) in [7, 11) is 0. The zero-order valence-corrected chi connectivity index (χ0v) is 13.2. The molecule has 0 unspecified atom stereocenters. The first-order valence-corrected chi connectivity index (χ1v) is 8.29. The summed E-state index contributed by atoms with van der Waals surface area (Å²) >= 11 is 1.79. The van der Waals surface area contributed by atoms with Gasteiger partial charge in [-0.1, -0.05) is 26.3 Å². The van der Waals surface area contributed by atoms with E-state index in [4.69, 9.17) is 5.73 Å². The summed E-state index contributed by atoms with van der Waals surface area (Å²) in [6, 6.07) is 3.91. The van der Waals surface area contributed by atoms with Crippen LogP contribution >= 0.6 is 11.3 Å². The third-order valence-electron chi connectivity index (χ3n) is 4.19.